The molecule has 0 unspecified atom stereocenters. The lowest BCUT2D eigenvalue weighted by atomic mass is 9.67. The molecule has 21 heavy (non-hydrogen) atoms. The van der Waals surface area contributed by atoms with E-state index in [-0.39, 0.29) is 11.5 Å². The summed E-state index contributed by atoms with van der Waals surface area (Å²) in [4.78, 5) is 36.9. The summed E-state index contributed by atoms with van der Waals surface area (Å²) in [5.74, 6) is -2.05. The zero-order chi connectivity index (χ0) is 15.3. The number of esters is 1. The van der Waals surface area contributed by atoms with Crippen LogP contribution in [0.5, 0.6) is 0 Å². The fourth-order valence-electron chi connectivity index (χ4n) is 3.11. The summed E-state index contributed by atoms with van der Waals surface area (Å²) in [5.41, 5.74) is 2.63. The maximum Gasteiger partial charge on any atom is 0.345 e. The molecule has 2 aliphatic heterocycles. The van der Waals surface area contributed by atoms with Gasteiger partial charge in [0.15, 0.2) is 5.60 Å². The number of carbonyl (C=O) groups excluding carboxylic acids is 3. The number of carbonyl (C=O) groups is 3. The van der Waals surface area contributed by atoms with E-state index in [1.54, 1.807) is 19.1 Å². The number of halogens is 1. The highest BCUT2D eigenvalue weighted by molar-refractivity contribution is 6.25. The highest BCUT2D eigenvalue weighted by Crippen LogP contribution is 2.51. The minimum atomic E-state index is -1.67. The minimum Gasteiger partial charge on any atom is -0.453 e. The molecule has 1 N–H and O–H groups in total. The molecule has 2 fully saturated rings. The number of ketones is 1. The molecular formula is C15H12ClNO4. The van der Waals surface area contributed by atoms with E-state index in [9.17, 15) is 14.4 Å². The van der Waals surface area contributed by atoms with Crippen molar-refractivity contribution in [3.8, 4) is 0 Å². The average Bonchev–Trinajstić information content (AvgIpc) is 2.65. The van der Waals surface area contributed by atoms with Crippen molar-refractivity contribution >= 4 is 29.3 Å². The van der Waals surface area contributed by atoms with Crippen molar-refractivity contribution < 1.29 is 19.1 Å². The van der Waals surface area contributed by atoms with Crippen LogP contribution in [-0.2, 0) is 19.1 Å². The Hall–Kier alpha value is -2.06. The first-order chi connectivity index (χ1) is 9.97. The molecule has 0 radical (unpaired) electrons. The number of allylic oxidation sites excluding steroid dienone is 3. The Morgan fingerprint density at radius 2 is 2.29 bits per heavy atom. The van der Waals surface area contributed by atoms with Gasteiger partial charge in [0.05, 0.1) is 11.5 Å². The Bertz CT molecular complexity index is 696. The molecule has 108 valence electrons. The van der Waals surface area contributed by atoms with E-state index in [0.717, 1.165) is 0 Å². The van der Waals surface area contributed by atoms with Crippen LogP contribution in [0.15, 0.2) is 35.3 Å². The van der Waals surface area contributed by atoms with Gasteiger partial charge in [0.1, 0.15) is 0 Å². The maximum absolute atomic E-state index is 12.7. The predicted molar refractivity (Wildman–Crippen MR) is 73.5 cm³/mol. The van der Waals surface area contributed by atoms with E-state index in [1.807, 2.05) is 0 Å². The predicted octanol–water partition coefficient (Wildman–Crippen LogP) is 0.791. The van der Waals surface area contributed by atoms with Gasteiger partial charge in [0.2, 0.25) is 17.2 Å². The molecule has 3 aliphatic rings. The molecule has 0 aromatic heterocycles. The number of alkyl halides is 1. The molecule has 1 amide bonds. The lowest BCUT2D eigenvalue weighted by molar-refractivity contribution is -0.216. The van der Waals surface area contributed by atoms with E-state index in [1.165, 1.54) is 6.08 Å². The van der Waals surface area contributed by atoms with Crippen molar-refractivity contribution in [1.29, 1.82) is 0 Å². The second-order valence-corrected chi connectivity index (χ2v) is 5.68. The van der Waals surface area contributed by atoms with Crippen LogP contribution in [0, 0.1) is 5.92 Å². The van der Waals surface area contributed by atoms with Crippen LogP contribution in [0.4, 0.5) is 0 Å². The van der Waals surface area contributed by atoms with Crippen LogP contribution in [0.25, 0.3) is 0 Å². The Morgan fingerprint density at radius 1 is 1.52 bits per heavy atom. The monoisotopic (exact) mass is 305 g/mol. The lowest BCUT2D eigenvalue weighted by Gasteiger charge is -2.49. The number of hydrogen-bond acceptors (Lipinski definition) is 4. The Labute approximate surface area is 126 Å². The number of hydrogen-bond donors (Lipinski definition) is 1. The van der Waals surface area contributed by atoms with Gasteiger partial charge >= 0.3 is 5.97 Å². The SMILES string of the molecule is C[C@@]12OC(=O)[C@]1(C(=O)C1=C=C=CC=C1)NC(=O)[C@@H]2CCCl. The third-order valence-corrected chi connectivity index (χ3v) is 4.50. The number of nitrogens with one attached hydrogen (secondary N) is 1. The van der Waals surface area contributed by atoms with Crippen LogP contribution in [-0.4, -0.2) is 34.7 Å². The maximum atomic E-state index is 12.7. The fraction of sp³-hybridized carbons (Fsp3) is 0.400. The average molecular weight is 306 g/mol. The highest BCUT2D eigenvalue weighted by atomic mass is 35.5. The summed E-state index contributed by atoms with van der Waals surface area (Å²) in [5, 5.41) is 2.53. The topological polar surface area (TPSA) is 72.5 Å². The van der Waals surface area contributed by atoms with Gasteiger partial charge in [-0.15, -0.1) is 11.6 Å². The third kappa shape index (κ3) is 1.57. The molecule has 3 rings (SSSR count). The van der Waals surface area contributed by atoms with Gasteiger partial charge in [-0.2, -0.15) is 0 Å². The lowest BCUT2D eigenvalue weighted by Crippen LogP contribution is -2.78. The Kier molecular flexibility index (Phi) is 2.96. The van der Waals surface area contributed by atoms with Gasteiger partial charge in [-0.05, 0) is 25.5 Å². The van der Waals surface area contributed by atoms with E-state index >= 15 is 0 Å². The first kappa shape index (κ1) is 13.9. The number of Topliss-reactive ketones (excluding diaryl/α,β-unsaturated/α-hetero) is 1. The summed E-state index contributed by atoms with van der Waals surface area (Å²) in [6.07, 6.45) is 5.07. The molecule has 2 saturated heterocycles. The van der Waals surface area contributed by atoms with Gasteiger partial charge in [0, 0.05) is 5.88 Å². The van der Waals surface area contributed by atoms with Crippen molar-refractivity contribution in [2.75, 3.05) is 5.88 Å². The van der Waals surface area contributed by atoms with Crippen LogP contribution >= 0.6 is 11.6 Å². The van der Waals surface area contributed by atoms with Crippen molar-refractivity contribution in [1.82, 2.24) is 5.32 Å². The standard InChI is InChI=1S/C15H12ClNO4/c1-14-10(7-8-16)12(19)17-15(14,13(20)21-14)11(18)9-5-3-2-4-6-9/h2-3,5,10H,7-8H2,1H3,(H,17,19)/t10-,14-,15-/m0/s1. The van der Waals surface area contributed by atoms with Gasteiger partial charge in [-0.25, -0.2) is 4.79 Å². The molecule has 0 saturated carbocycles. The summed E-state index contributed by atoms with van der Waals surface area (Å²) < 4.78 is 5.21. The zero-order valence-corrected chi connectivity index (χ0v) is 12.0. The van der Waals surface area contributed by atoms with Gasteiger partial charge in [0.25, 0.3) is 0 Å². The molecule has 3 atom stereocenters. The fourth-order valence-corrected chi connectivity index (χ4v) is 3.33. The number of rotatable bonds is 4. The van der Waals surface area contributed by atoms with Crippen LogP contribution < -0.4 is 5.32 Å². The highest BCUT2D eigenvalue weighted by Gasteiger charge is 2.79. The Balaban J connectivity index is 2.07. The molecule has 0 aromatic rings. The second kappa shape index (κ2) is 4.47. The minimum absolute atomic E-state index is 0.187. The summed E-state index contributed by atoms with van der Waals surface area (Å²) in [6, 6.07) is 0. The third-order valence-electron chi connectivity index (χ3n) is 4.28. The van der Waals surface area contributed by atoms with Crippen molar-refractivity contribution in [3.63, 3.8) is 0 Å². The second-order valence-electron chi connectivity index (χ2n) is 5.30. The first-order valence-electron chi connectivity index (χ1n) is 6.52. The summed E-state index contributed by atoms with van der Waals surface area (Å²) in [6.45, 7) is 1.59. The van der Waals surface area contributed by atoms with Crippen LogP contribution in [0.3, 0.4) is 0 Å². The zero-order valence-electron chi connectivity index (χ0n) is 11.2. The molecule has 0 spiro atoms. The molecular weight excluding hydrogens is 294 g/mol. The van der Waals surface area contributed by atoms with Crippen molar-refractivity contribution in [2.24, 2.45) is 5.92 Å². The largest absolute Gasteiger partial charge is 0.453 e. The Morgan fingerprint density at radius 3 is 2.86 bits per heavy atom. The molecule has 5 nitrogen and oxygen atoms in total. The molecule has 0 bridgehead atoms. The number of amides is 1. The van der Waals surface area contributed by atoms with E-state index in [0.29, 0.717) is 6.42 Å². The number of ether oxygens (including phenoxy) is 1. The van der Waals surface area contributed by atoms with Gasteiger partial charge in [-0.1, -0.05) is 17.5 Å². The quantitative estimate of drug-likeness (QED) is 0.361. The van der Waals surface area contributed by atoms with Crippen molar-refractivity contribution in [2.45, 2.75) is 24.5 Å². The number of fused-ring (bicyclic) bond motifs is 1. The summed E-state index contributed by atoms with van der Waals surface area (Å²) >= 11 is 5.71. The normalized spacial score (nSPS) is 35.7. The van der Waals surface area contributed by atoms with E-state index < -0.39 is 34.7 Å². The van der Waals surface area contributed by atoms with E-state index in [4.69, 9.17) is 16.3 Å². The first-order valence-corrected chi connectivity index (χ1v) is 7.05. The van der Waals surface area contributed by atoms with E-state index in [2.05, 4.69) is 16.8 Å². The van der Waals surface area contributed by atoms with Gasteiger partial charge in [-0.3, -0.25) is 9.59 Å². The molecule has 2 heterocycles. The molecule has 6 heteroatoms. The molecule has 0 aromatic carbocycles. The van der Waals surface area contributed by atoms with Crippen molar-refractivity contribution in [3.05, 3.63) is 35.3 Å². The molecule has 1 aliphatic carbocycles. The summed E-state index contributed by atoms with van der Waals surface area (Å²) in [7, 11) is 0. The smallest absolute Gasteiger partial charge is 0.345 e. The van der Waals surface area contributed by atoms with Gasteiger partial charge < -0.3 is 10.1 Å². The van der Waals surface area contributed by atoms with Crippen LogP contribution in [0.2, 0.25) is 0 Å². The van der Waals surface area contributed by atoms with Crippen LogP contribution in [0.1, 0.15) is 13.3 Å².